The summed E-state index contributed by atoms with van der Waals surface area (Å²) in [5, 5.41) is 0. The molecule has 63 heavy (non-hydrogen) atoms. The van der Waals surface area contributed by atoms with Crippen LogP contribution in [-0.4, -0.2) is 173 Å². The van der Waals surface area contributed by atoms with Crippen molar-refractivity contribution in [2.75, 3.05) is 125 Å². The lowest BCUT2D eigenvalue weighted by Crippen LogP contribution is -2.45. The highest BCUT2D eigenvalue weighted by molar-refractivity contribution is 5.76. The Hall–Kier alpha value is -3.75. The number of hydrogen-bond acceptors (Lipinski definition) is 10. The summed E-state index contributed by atoms with van der Waals surface area (Å²) in [7, 11) is 0. The molecule has 5 aliphatic rings. The monoisotopic (exact) mass is 872 g/mol. The molecule has 2 aromatic rings. The zero-order valence-corrected chi connectivity index (χ0v) is 39.2. The van der Waals surface area contributed by atoms with Crippen molar-refractivity contribution >= 4 is 12.0 Å². The Morgan fingerprint density at radius 2 is 1.05 bits per heavy atom. The number of benzene rings is 2. The average molecular weight is 872 g/mol. The minimum atomic E-state index is 0.199. The van der Waals surface area contributed by atoms with E-state index in [0.29, 0.717) is 37.9 Å². The molecule has 11 heteroatoms. The van der Waals surface area contributed by atoms with Gasteiger partial charge in [0.1, 0.15) is 0 Å². The van der Waals surface area contributed by atoms with Crippen molar-refractivity contribution in [3.63, 3.8) is 0 Å². The van der Waals surface area contributed by atoms with Gasteiger partial charge in [0.15, 0.2) is 0 Å². The predicted molar refractivity (Wildman–Crippen MR) is 260 cm³/mol. The molecule has 5 fully saturated rings. The summed E-state index contributed by atoms with van der Waals surface area (Å²) < 4.78 is 27.2. The molecule has 0 spiro atoms. The van der Waals surface area contributed by atoms with Crippen LogP contribution in [0.15, 0.2) is 112 Å². The number of ether oxygens (including phenoxy) is 5. The van der Waals surface area contributed by atoms with E-state index in [2.05, 4.69) is 122 Å². The predicted octanol–water partition coefficient (Wildman–Crippen LogP) is 7.39. The summed E-state index contributed by atoms with van der Waals surface area (Å²) in [6.07, 6.45) is 12.1. The van der Waals surface area contributed by atoms with Crippen LogP contribution in [0.1, 0.15) is 56.4 Å². The minimum absolute atomic E-state index is 0.199. The maximum absolute atomic E-state index is 11.4. The van der Waals surface area contributed by atoms with Gasteiger partial charge in [0.05, 0.1) is 64.1 Å². The molecule has 350 valence electrons. The van der Waals surface area contributed by atoms with Gasteiger partial charge in [-0.3, -0.25) is 24.4 Å². The second-order valence-corrected chi connectivity index (χ2v) is 16.5. The highest BCUT2D eigenvalue weighted by Crippen LogP contribution is 2.24. The normalized spacial score (nSPS) is 23.3. The highest BCUT2D eigenvalue weighted by atomic mass is 16.5. The second kappa shape index (κ2) is 32.8. The Bertz CT molecular complexity index is 1530. The molecule has 0 radical (unpaired) electrons. The van der Waals surface area contributed by atoms with E-state index in [9.17, 15) is 4.79 Å². The minimum Gasteiger partial charge on any atom is -0.379 e. The van der Waals surface area contributed by atoms with Crippen molar-refractivity contribution in [2.45, 2.75) is 64.6 Å². The highest BCUT2D eigenvalue weighted by Gasteiger charge is 2.25. The van der Waals surface area contributed by atoms with Crippen molar-refractivity contribution in [2.24, 2.45) is 0 Å². The molecule has 1 amide bonds. The quantitative estimate of drug-likeness (QED) is 0.190. The fraction of sp³-hybridized carbons (Fsp3) is 0.558. The first-order valence-electron chi connectivity index (χ1n) is 23.1. The van der Waals surface area contributed by atoms with E-state index in [0.717, 1.165) is 124 Å². The molecule has 5 saturated heterocycles. The van der Waals surface area contributed by atoms with E-state index < -0.39 is 0 Å². The maximum atomic E-state index is 11.4. The number of amides is 1. The summed E-state index contributed by atoms with van der Waals surface area (Å²) in [5.41, 5.74) is 3.81. The number of allylic oxidation sites excluding steroid dienone is 1. The van der Waals surface area contributed by atoms with Gasteiger partial charge < -0.3 is 28.6 Å². The van der Waals surface area contributed by atoms with E-state index in [1.807, 2.05) is 35.3 Å². The van der Waals surface area contributed by atoms with Gasteiger partial charge in [-0.1, -0.05) is 91.6 Å². The molecule has 0 aromatic heterocycles. The summed E-state index contributed by atoms with van der Waals surface area (Å²) in [6, 6.07) is 19.0. The second-order valence-electron chi connectivity index (χ2n) is 16.5. The van der Waals surface area contributed by atoms with Gasteiger partial charge in [-0.2, -0.15) is 0 Å². The molecule has 5 heterocycles. The molecular formula is C52H81N5O6. The van der Waals surface area contributed by atoms with Crippen molar-refractivity contribution in [3.05, 3.63) is 128 Å². The molecule has 2 aromatic carbocycles. The SMILES string of the molecule is C=CCCC(=O)N1CCOCC1.C=CCN1CC(C)OC(C)C1.C=CCN1CC(C)OC(c2ccccc2)C1.C=CCN1CCOCC1.C=Cc1ccc(CN2CCOCC2)cc1. The Labute approximate surface area is 381 Å². The summed E-state index contributed by atoms with van der Waals surface area (Å²) >= 11 is 0. The lowest BCUT2D eigenvalue weighted by atomic mass is 10.1. The van der Waals surface area contributed by atoms with Crippen LogP contribution in [0.3, 0.4) is 0 Å². The number of morpholine rings is 5. The largest absolute Gasteiger partial charge is 0.379 e. The van der Waals surface area contributed by atoms with Gasteiger partial charge in [-0.15, -0.1) is 26.3 Å². The molecule has 11 nitrogen and oxygen atoms in total. The molecule has 0 aliphatic carbocycles. The maximum Gasteiger partial charge on any atom is 0.223 e. The van der Waals surface area contributed by atoms with Gasteiger partial charge in [0.25, 0.3) is 0 Å². The number of carbonyl (C=O) groups is 1. The van der Waals surface area contributed by atoms with E-state index in [1.54, 1.807) is 6.08 Å². The van der Waals surface area contributed by atoms with Gasteiger partial charge in [-0.25, -0.2) is 0 Å². The lowest BCUT2D eigenvalue weighted by molar-refractivity contribution is -0.135. The third kappa shape index (κ3) is 23.1. The van der Waals surface area contributed by atoms with Crippen LogP contribution in [0.25, 0.3) is 6.08 Å². The number of carbonyl (C=O) groups excluding carboxylic acids is 1. The zero-order valence-electron chi connectivity index (χ0n) is 39.2. The molecule has 0 bridgehead atoms. The van der Waals surface area contributed by atoms with Crippen LogP contribution < -0.4 is 0 Å². The topological polar surface area (TPSA) is 79.4 Å². The fourth-order valence-corrected chi connectivity index (χ4v) is 7.78. The molecule has 7 rings (SSSR count). The Morgan fingerprint density at radius 1 is 0.571 bits per heavy atom. The third-order valence-electron chi connectivity index (χ3n) is 10.9. The smallest absolute Gasteiger partial charge is 0.223 e. The van der Waals surface area contributed by atoms with Gasteiger partial charge in [0, 0.05) is 98.0 Å². The van der Waals surface area contributed by atoms with E-state index in [4.69, 9.17) is 23.7 Å². The fourth-order valence-electron chi connectivity index (χ4n) is 7.78. The van der Waals surface area contributed by atoms with E-state index in [-0.39, 0.29) is 12.0 Å². The molecular weight excluding hydrogens is 791 g/mol. The van der Waals surface area contributed by atoms with Crippen LogP contribution in [0.2, 0.25) is 0 Å². The Morgan fingerprint density at radius 3 is 1.56 bits per heavy atom. The van der Waals surface area contributed by atoms with Crippen LogP contribution in [-0.2, 0) is 35.0 Å². The van der Waals surface area contributed by atoms with Gasteiger partial charge >= 0.3 is 0 Å². The molecule has 4 unspecified atom stereocenters. The van der Waals surface area contributed by atoms with Crippen LogP contribution >= 0.6 is 0 Å². The number of nitrogens with zero attached hydrogens (tertiary/aromatic N) is 5. The van der Waals surface area contributed by atoms with E-state index in [1.165, 1.54) is 16.7 Å². The Kier molecular flexibility index (Phi) is 27.9. The Balaban J connectivity index is 0.000000213. The van der Waals surface area contributed by atoms with Gasteiger partial charge in [-0.05, 0) is 43.9 Å². The lowest BCUT2D eigenvalue weighted by Gasteiger charge is -2.36. The first-order chi connectivity index (χ1) is 30.7. The first kappa shape index (κ1) is 53.6. The first-order valence-corrected chi connectivity index (χ1v) is 23.1. The summed E-state index contributed by atoms with van der Waals surface area (Å²) in [6.45, 7) is 43.4. The average Bonchev–Trinajstić information content (AvgIpc) is 3.30. The van der Waals surface area contributed by atoms with Crippen molar-refractivity contribution in [1.82, 2.24) is 24.5 Å². The molecule has 0 N–H and O–H groups in total. The van der Waals surface area contributed by atoms with Crippen molar-refractivity contribution < 1.29 is 28.5 Å². The van der Waals surface area contributed by atoms with Crippen LogP contribution in [0.4, 0.5) is 0 Å². The van der Waals surface area contributed by atoms with E-state index >= 15 is 0 Å². The molecule has 4 atom stereocenters. The zero-order chi connectivity index (χ0) is 45.5. The van der Waals surface area contributed by atoms with Crippen molar-refractivity contribution in [3.8, 4) is 0 Å². The summed E-state index contributed by atoms with van der Waals surface area (Å²) in [5.74, 6) is 0.221. The molecule has 0 saturated carbocycles. The standard InChI is InChI=1S/C14H19NO.C13H17NO.C9H15NO2.C9H17NO.C7H13NO/c1-3-9-15-10-12(2)16-14(11-15)13-7-5-4-6-8-13;1-2-12-3-5-13(6-4-12)11-14-7-9-15-10-8-14;1-2-3-4-9(11)10-5-7-12-8-6-10;1-4-5-10-6-8(2)11-9(3)7-10;1-2-3-8-4-6-9-7-5-8/h3-8,12,14H,1,9-11H2,2H3;2-6H,1,7-11H2;2H,1,3-8H2;4,8-9H,1,5-7H2,2-3H3;2H,1,3-7H2. The summed E-state index contributed by atoms with van der Waals surface area (Å²) in [4.78, 5) is 22.7. The van der Waals surface area contributed by atoms with Crippen molar-refractivity contribution in [1.29, 1.82) is 0 Å². The van der Waals surface area contributed by atoms with Crippen LogP contribution in [0.5, 0.6) is 0 Å². The number of hydrogen-bond donors (Lipinski definition) is 0. The van der Waals surface area contributed by atoms with Crippen LogP contribution in [0, 0.1) is 0 Å². The molecule has 5 aliphatic heterocycles. The number of rotatable bonds is 13. The third-order valence-corrected chi connectivity index (χ3v) is 10.9. The van der Waals surface area contributed by atoms with Gasteiger partial charge in [0.2, 0.25) is 5.91 Å².